The third kappa shape index (κ3) is 2.22. The van der Waals surface area contributed by atoms with Crippen LogP contribution in [0.25, 0.3) is 11.4 Å². The molecule has 1 aliphatic carbocycles. The number of aromatic nitrogens is 4. The van der Waals surface area contributed by atoms with Crippen LogP contribution in [0.1, 0.15) is 37.3 Å². The Morgan fingerprint density at radius 3 is 2.83 bits per heavy atom. The summed E-state index contributed by atoms with van der Waals surface area (Å²) in [6.07, 6.45) is 8.90. The van der Waals surface area contributed by atoms with Crippen molar-refractivity contribution in [2.75, 3.05) is 0 Å². The van der Waals surface area contributed by atoms with Gasteiger partial charge in [0.25, 0.3) is 0 Å². The molecule has 2 aromatic heterocycles. The van der Waals surface area contributed by atoms with Crippen molar-refractivity contribution in [3.8, 4) is 11.4 Å². The quantitative estimate of drug-likeness (QED) is 0.843. The van der Waals surface area contributed by atoms with Gasteiger partial charge in [0.15, 0.2) is 0 Å². The Labute approximate surface area is 111 Å². The second-order valence-corrected chi connectivity index (χ2v) is 5.33. The maximum Gasteiger partial charge on any atom is 0.142 e. The number of hydrogen-bond acceptors (Lipinski definition) is 3. The lowest BCUT2D eigenvalue weighted by Crippen LogP contribution is -2.00. The number of H-pyrrole nitrogens is 1. The molecule has 1 saturated carbocycles. The zero-order valence-electron chi connectivity index (χ0n) is 10.4. The highest BCUT2D eigenvalue weighted by molar-refractivity contribution is 7.71. The molecule has 1 N–H and O–H groups in total. The molecule has 0 spiro atoms. The minimum atomic E-state index is 0.616. The standard InChI is InChI=1S/C13H16N4S/c1-17-8-10(7-14-17)13-15-11(6-12(18)16-13)9-4-2-3-5-9/h6-9H,2-5H2,1H3,(H,15,16,18). The van der Waals surface area contributed by atoms with Gasteiger partial charge in [0.1, 0.15) is 10.5 Å². The van der Waals surface area contributed by atoms with Gasteiger partial charge in [0.05, 0.1) is 11.8 Å². The predicted octanol–water partition coefficient (Wildman–Crippen LogP) is 3.20. The van der Waals surface area contributed by atoms with Gasteiger partial charge in [-0.3, -0.25) is 4.68 Å². The molecule has 0 saturated heterocycles. The summed E-state index contributed by atoms with van der Waals surface area (Å²) in [4.78, 5) is 7.82. The summed E-state index contributed by atoms with van der Waals surface area (Å²) >= 11 is 5.27. The van der Waals surface area contributed by atoms with Gasteiger partial charge in [-0.15, -0.1) is 0 Å². The molecular weight excluding hydrogens is 244 g/mol. The second-order valence-electron chi connectivity index (χ2n) is 4.91. The molecule has 3 rings (SSSR count). The molecule has 1 fully saturated rings. The van der Waals surface area contributed by atoms with Gasteiger partial charge in [-0.25, -0.2) is 4.98 Å². The number of aromatic amines is 1. The van der Waals surface area contributed by atoms with E-state index >= 15 is 0 Å². The van der Waals surface area contributed by atoms with Crippen LogP contribution in [0, 0.1) is 4.64 Å². The Balaban J connectivity index is 2.02. The zero-order valence-corrected chi connectivity index (χ0v) is 11.2. The third-order valence-corrected chi connectivity index (χ3v) is 3.75. The van der Waals surface area contributed by atoms with Gasteiger partial charge in [-0.1, -0.05) is 25.1 Å². The van der Waals surface area contributed by atoms with Crippen molar-refractivity contribution < 1.29 is 0 Å². The first-order chi connectivity index (χ1) is 8.72. The zero-order chi connectivity index (χ0) is 12.5. The minimum Gasteiger partial charge on any atom is -0.343 e. The van der Waals surface area contributed by atoms with Crippen LogP contribution < -0.4 is 0 Å². The van der Waals surface area contributed by atoms with Crippen molar-refractivity contribution >= 4 is 12.2 Å². The molecule has 1 aliphatic rings. The number of aryl methyl sites for hydroxylation is 1. The topological polar surface area (TPSA) is 46.5 Å². The second kappa shape index (κ2) is 4.65. The van der Waals surface area contributed by atoms with Crippen molar-refractivity contribution in [3.05, 3.63) is 28.8 Å². The van der Waals surface area contributed by atoms with E-state index in [9.17, 15) is 0 Å². The number of rotatable bonds is 2. The Bertz CT molecular complexity index is 607. The van der Waals surface area contributed by atoms with E-state index in [1.165, 1.54) is 31.4 Å². The van der Waals surface area contributed by atoms with Crippen molar-refractivity contribution in [1.29, 1.82) is 0 Å². The van der Waals surface area contributed by atoms with Crippen LogP contribution in [-0.4, -0.2) is 19.7 Å². The lowest BCUT2D eigenvalue weighted by molar-refractivity contribution is 0.694. The summed E-state index contributed by atoms with van der Waals surface area (Å²) in [6, 6.07) is 2.01. The van der Waals surface area contributed by atoms with Crippen molar-refractivity contribution in [2.24, 2.45) is 7.05 Å². The predicted molar refractivity (Wildman–Crippen MR) is 72.8 cm³/mol. The van der Waals surface area contributed by atoms with Crippen LogP contribution in [0.15, 0.2) is 18.5 Å². The van der Waals surface area contributed by atoms with Crippen molar-refractivity contribution in [2.45, 2.75) is 31.6 Å². The molecule has 0 aliphatic heterocycles. The lowest BCUT2D eigenvalue weighted by Gasteiger charge is -2.10. The maximum absolute atomic E-state index is 5.27. The highest BCUT2D eigenvalue weighted by Crippen LogP contribution is 2.33. The average Bonchev–Trinajstić information content (AvgIpc) is 2.98. The Kier molecular flexibility index (Phi) is 2.99. The van der Waals surface area contributed by atoms with Gasteiger partial charge in [0.2, 0.25) is 0 Å². The van der Waals surface area contributed by atoms with Crippen LogP contribution in [0.4, 0.5) is 0 Å². The molecule has 0 bridgehead atoms. The van der Waals surface area contributed by atoms with Crippen molar-refractivity contribution in [1.82, 2.24) is 19.7 Å². The van der Waals surface area contributed by atoms with E-state index < -0.39 is 0 Å². The molecule has 4 nitrogen and oxygen atoms in total. The number of nitrogens with one attached hydrogen (secondary N) is 1. The van der Waals surface area contributed by atoms with E-state index in [0.29, 0.717) is 10.6 Å². The molecule has 18 heavy (non-hydrogen) atoms. The maximum atomic E-state index is 5.27. The van der Waals surface area contributed by atoms with Crippen molar-refractivity contribution in [3.63, 3.8) is 0 Å². The van der Waals surface area contributed by atoms with Crippen LogP contribution in [-0.2, 0) is 7.05 Å². The van der Waals surface area contributed by atoms with Crippen LogP contribution in [0.5, 0.6) is 0 Å². The smallest absolute Gasteiger partial charge is 0.142 e. The van der Waals surface area contributed by atoms with E-state index in [4.69, 9.17) is 12.2 Å². The molecule has 0 radical (unpaired) electrons. The Hall–Kier alpha value is -1.49. The van der Waals surface area contributed by atoms with Gasteiger partial charge in [-0.2, -0.15) is 5.10 Å². The molecule has 5 heteroatoms. The SMILES string of the molecule is Cn1cc(-c2nc(=S)cc(C3CCCC3)[nH]2)cn1. The highest BCUT2D eigenvalue weighted by Gasteiger charge is 2.18. The summed E-state index contributed by atoms with van der Waals surface area (Å²) in [7, 11) is 1.90. The van der Waals surface area contributed by atoms with Gasteiger partial charge in [0, 0.05) is 18.9 Å². The molecule has 94 valence electrons. The summed E-state index contributed by atoms with van der Waals surface area (Å²) in [5, 5.41) is 4.17. The van der Waals surface area contributed by atoms with Gasteiger partial charge in [-0.05, 0) is 24.8 Å². The molecule has 2 aromatic rings. The molecule has 0 amide bonds. The van der Waals surface area contributed by atoms with Gasteiger partial charge >= 0.3 is 0 Å². The summed E-state index contributed by atoms with van der Waals surface area (Å²) in [6.45, 7) is 0. The molecule has 0 aromatic carbocycles. The first kappa shape index (κ1) is 11.6. The summed E-state index contributed by atoms with van der Waals surface area (Å²) < 4.78 is 2.44. The van der Waals surface area contributed by atoms with E-state index in [1.54, 1.807) is 4.68 Å². The average molecular weight is 260 g/mol. The fraction of sp³-hybridized carbons (Fsp3) is 0.462. The number of nitrogens with zero attached hydrogens (tertiary/aromatic N) is 3. The summed E-state index contributed by atoms with van der Waals surface area (Å²) in [5.41, 5.74) is 2.22. The van der Waals surface area contributed by atoms with Crippen LogP contribution in [0.3, 0.4) is 0 Å². The van der Waals surface area contributed by atoms with Crippen LogP contribution in [0.2, 0.25) is 0 Å². The van der Waals surface area contributed by atoms with E-state index in [1.807, 2.05) is 25.5 Å². The summed E-state index contributed by atoms with van der Waals surface area (Å²) in [5.74, 6) is 1.45. The van der Waals surface area contributed by atoms with E-state index in [-0.39, 0.29) is 0 Å². The van der Waals surface area contributed by atoms with Crippen LogP contribution >= 0.6 is 12.2 Å². The molecule has 2 heterocycles. The third-order valence-electron chi connectivity index (χ3n) is 3.54. The highest BCUT2D eigenvalue weighted by atomic mass is 32.1. The van der Waals surface area contributed by atoms with Gasteiger partial charge < -0.3 is 4.98 Å². The monoisotopic (exact) mass is 260 g/mol. The lowest BCUT2D eigenvalue weighted by atomic mass is 10.0. The molecular formula is C13H16N4S. The minimum absolute atomic E-state index is 0.616. The first-order valence-corrected chi connectivity index (χ1v) is 6.73. The molecule has 0 unspecified atom stereocenters. The number of hydrogen-bond donors (Lipinski definition) is 1. The largest absolute Gasteiger partial charge is 0.343 e. The normalized spacial score (nSPS) is 16.3. The Morgan fingerprint density at radius 2 is 2.17 bits per heavy atom. The Morgan fingerprint density at radius 1 is 1.39 bits per heavy atom. The van der Waals surface area contributed by atoms with E-state index in [2.05, 4.69) is 15.1 Å². The molecule has 0 atom stereocenters. The fourth-order valence-electron chi connectivity index (χ4n) is 2.61. The van der Waals surface area contributed by atoms with E-state index in [0.717, 1.165) is 11.4 Å². The first-order valence-electron chi connectivity index (χ1n) is 6.32. The fourth-order valence-corrected chi connectivity index (χ4v) is 2.83.